The Bertz CT molecular complexity index is 8530. The van der Waals surface area contributed by atoms with Crippen molar-refractivity contribution >= 4 is 87.4 Å². The van der Waals surface area contributed by atoms with E-state index in [4.69, 9.17) is 4.42 Å². The molecule has 0 spiro atoms. The van der Waals surface area contributed by atoms with Gasteiger partial charge in [-0.15, -0.1) is 0 Å². The highest BCUT2D eigenvalue weighted by Crippen LogP contribution is 2.59. The van der Waals surface area contributed by atoms with Gasteiger partial charge in [-0.2, -0.15) is 0 Å². The molecular formula is C127H89N3O. The maximum atomic E-state index is 6.41. The van der Waals surface area contributed by atoms with Crippen LogP contribution in [0.3, 0.4) is 0 Å². The third-order valence-electron chi connectivity index (χ3n) is 28.6. The number of furan rings is 1. The smallest absolute Gasteiger partial charge is 0.143 e. The van der Waals surface area contributed by atoms with Crippen LogP contribution < -0.4 is 0 Å². The molecule has 0 radical (unpaired) electrons. The fourth-order valence-corrected chi connectivity index (χ4v) is 22.5. The molecule has 0 N–H and O–H groups in total. The summed E-state index contributed by atoms with van der Waals surface area (Å²) in [6.07, 6.45) is 0. The molecule has 0 unspecified atom stereocenters. The van der Waals surface area contributed by atoms with Gasteiger partial charge in [-0.25, -0.2) is 0 Å². The lowest BCUT2D eigenvalue weighted by atomic mass is 9.67. The molecule has 0 bridgehead atoms. The maximum Gasteiger partial charge on any atom is 0.143 e. The van der Waals surface area contributed by atoms with Crippen LogP contribution in [-0.2, 0) is 16.2 Å². The second kappa shape index (κ2) is 30.4. The van der Waals surface area contributed by atoms with Crippen LogP contribution in [0.1, 0.15) is 72.2 Å². The molecule has 3 aliphatic carbocycles. The van der Waals surface area contributed by atoms with E-state index in [0.717, 1.165) is 44.4 Å². The summed E-state index contributed by atoms with van der Waals surface area (Å²) < 4.78 is 13.8. The average Bonchev–Trinajstić information content (AvgIpc) is 1.52. The van der Waals surface area contributed by atoms with Crippen molar-refractivity contribution in [3.05, 3.63) is 512 Å². The van der Waals surface area contributed by atoms with E-state index in [1.54, 1.807) is 0 Å². The lowest BCUT2D eigenvalue weighted by molar-refractivity contribution is 0.661. The Morgan fingerprint density at radius 2 is 0.481 bits per heavy atom. The van der Waals surface area contributed by atoms with Gasteiger partial charge >= 0.3 is 0 Å². The third-order valence-corrected chi connectivity index (χ3v) is 28.6. The normalized spacial score (nSPS) is 13.4. The van der Waals surface area contributed by atoms with Crippen molar-refractivity contribution in [2.45, 2.75) is 43.9 Å². The number of hydrogen-bond donors (Lipinski definition) is 0. The number of benzene rings is 20. The average molecular weight is 1670 g/mol. The van der Waals surface area contributed by atoms with Crippen LogP contribution >= 0.6 is 0 Å². The molecular weight excluding hydrogens is 1580 g/mol. The highest BCUT2D eigenvalue weighted by atomic mass is 16.3. The fourth-order valence-electron chi connectivity index (χ4n) is 22.5. The standard InChI is InChI=1S/C49H33N.C39H27NO.C39H29N/c1-5-17-34(18-6-1)36-29-37(35-19-7-2-8-20-35)31-40(30-36)50-47-28-16-14-26-42(47)44-32-43-41-25-13-15-27-45(41)49(46(43)33-48(44)50,38-21-9-3-10-22-38)39-23-11-4-12-24-39;1-39(2)33-18-6-3-13-27(33)31-22-32-28-14-4-7-19-35(28)40(36(32)23-34(31)39)25-12-9-11-24(21-25)26-16-10-17-30-29-15-5-8-20-37(29)41-38(26)30;1-39(2)35-19-11-9-17-31(35)33-24-34-32-18-10-12-20-37(32)40(38(34)25-36(33)39)30-22-28(26-13-5-3-6-14-26)21-29(23-30)27-15-7-4-8-16-27/h1-33H;3-23H,1-2H3;3-25H,1-2H3. The first-order valence-corrected chi connectivity index (χ1v) is 45.7. The second-order valence-electron chi connectivity index (χ2n) is 36.5. The molecule has 20 aromatic carbocycles. The Morgan fingerprint density at radius 1 is 0.176 bits per heavy atom. The molecule has 0 atom stereocenters. The molecule has 4 heterocycles. The van der Waals surface area contributed by atoms with Crippen LogP contribution in [0.15, 0.2) is 472 Å². The molecule has 0 saturated carbocycles. The van der Waals surface area contributed by atoms with Gasteiger partial charge in [0.15, 0.2) is 0 Å². The number of fused-ring (bicyclic) bond motifs is 21. The summed E-state index contributed by atoms with van der Waals surface area (Å²) >= 11 is 0. The van der Waals surface area contributed by atoms with Gasteiger partial charge in [0.25, 0.3) is 0 Å². The van der Waals surface area contributed by atoms with E-state index in [-0.39, 0.29) is 10.8 Å². The molecule has 4 nitrogen and oxygen atoms in total. The predicted octanol–water partition coefficient (Wildman–Crippen LogP) is 33.6. The van der Waals surface area contributed by atoms with Crippen molar-refractivity contribution in [2.24, 2.45) is 0 Å². The summed E-state index contributed by atoms with van der Waals surface area (Å²) in [6.45, 7) is 9.43. The molecule has 4 heteroatoms. The van der Waals surface area contributed by atoms with Gasteiger partial charge in [-0.1, -0.05) is 386 Å². The molecule has 0 fully saturated rings. The van der Waals surface area contributed by atoms with E-state index in [2.05, 4.69) is 496 Å². The Morgan fingerprint density at radius 3 is 0.916 bits per heavy atom. The molecule has 0 saturated heterocycles. The summed E-state index contributed by atoms with van der Waals surface area (Å²) in [6, 6.07) is 171. The number of aromatic nitrogens is 3. The molecule has 27 rings (SSSR count). The van der Waals surface area contributed by atoms with Crippen LogP contribution in [0, 0.1) is 0 Å². The van der Waals surface area contributed by atoms with Gasteiger partial charge in [-0.3, -0.25) is 0 Å². The number of hydrogen-bond acceptors (Lipinski definition) is 1. The predicted molar refractivity (Wildman–Crippen MR) is 549 cm³/mol. The summed E-state index contributed by atoms with van der Waals surface area (Å²) in [5.74, 6) is 0. The van der Waals surface area contributed by atoms with E-state index >= 15 is 0 Å². The Kier molecular flexibility index (Phi) is 17.9. The SMILES string of the molecule is CC1(C)c2ccccc2-c2cc3c4ccccc4n(-c4cc(-c5ccccc5)cc(-c5ccccc5)c4)c3cc21.CC1(C)c2ccccc2-c2cc3c4ccccc4n(-c4cccc(-c5cccc6c5oc5ccccc56)c4)c3cc21.c1ccc(-c2cc(-c3ccccc3)cc(-n3c4ccccc4c4cc5c(cc43)C(c3ccccc3)(c3ccccc3)c3ccccc3-5)c2)cc1. The molecule has 0 amide bonds. The topological polar surface area (TPSA) is 27.9 Å². The molecule has 3 aliphatic rings. The molecule has 4 aromatic heterocycles. The highest BCUT2D eigenvalue weighted by molar-refractivity contribution is 6.16. The van der Waals surface area contributed by atoms with Crippen LogP contribution in [0.4, 0.5) is 0 Å². The van der Waals surface area contributed by atoms with Gasteiger partial charge < -0.3 is 18.1 Å². The quantitative estimate of drug-likeness (QED) is 0.134. The number of para-hydroxylation sites is 5. The van der Waals surface area contributed by atoms with E-state index in [0.29, 0.717) is 0 Å². The molecule has 24 aromatic rings. The Balaban J connectivity index is 0.000000107. The maximum absolute atomic E-state index is 6.41. The second-order valence-corrected chi connectivity index (χ2v) is 36.5. The third kappa shape index (κ3) is 12.2. The van der Waals surface area contributed by atoms with Gasteiger partial charge in [-0.05, 0) is 237 Å². The Labute approximate surface area is 761 Å². The van der Waals surface area contributed by atoms with Crippen molar-refractivity contribution in [3.8, 4) is 106 Å². The van der Waals surface area contributed by atoms with E-state index in [1.807, 2.05) is 12.1 Å². The van der Waals surface area contributed by atoms with Gasteiger partial charge in [0.1, 0.15) is 11.2 Å². The van der Waals surface area contributed by atoms with Crippen molar-refractivity contribution in [3.63, 3.8) is 0 Å². The van der Waals surface area contributed by atoms with Crippen molar-refractivity contribution in [2.75, 3.05) is 0 Å². The zero-order chi connectivity index (χ0) is 87.2. The first-order valence-electron chi connectivity index (χ1n) is 45.7. The summed E-state index contributed by atoms with van der Waals surface area (Å²) in [4.78, 5) is 0. The first kappa shape index (κ1) is 77.0. The highest BCUT2D eigenvalue weighted by Gasteiger charge is 2.47. The zero-order valence-corrected chi connectivity index (χ0v) is 73.2. The number of nitrogens with zero attached hydrogens (tertiary/aromatic N) is 3. The Hall–Kier alpha value is -16.4. The van der Waals surface area contributed by atoms with Crippen LogP contribution in [-0.4, -0.2) is 13.7 Å². The summed E-state index contributed by atoms with van der Waals surface area (Å²) in [7, 11) is 0. The lowest BCUT2D eigenvalue weighted by Gasteiger charge is -2.34. The minimum Gasteiger partial charge on any atom is -0.455 e. The van der Waals surface area contributed by atoms with Gasteiger partial charge in [0.2, 0.25) is 0 Å². The van der Waals surface area contributed by atoms with E-state index in [9.17, 15) is 0 Å². The van der Waals surface area contributed by atoms with E-state index < -0.39 is 5.41 Å². The molecule has 0 aliphatic heterocycles. The van der Waals surface area contributed by atoms with Crippen molar-refractivity contribution in [1.82, 2.24) is 13.7 Å². The monoisotopic (exact) mass is 1670 g/mol. The van der Waals surface area contributed by atoms with Crippen LogP contribution in [0.2, 0.25) is 0 Å². The van der Waals surface area contributed by atoms with Gasteiger partial charge in [0.05, 0.1) is 38.5 Å². The number of rotatable bonds is 10. The minimum atomic E-state index is -0.467. The van der Waals surface area contributed by atoms with E-state index in [1.165, 1.54) is 194 Å². The van der Waals surface area contributed by atoms with Gasteiger partial charge in [0, 0.05) is 76.5 Å². The molecule has 131 heavy (non-hydrogen) atoms. The first-order chi connectivity index (χ1) is 64.5. The largest absolute Gasteiger partial charge is 0.455 e. The summed E-state index contributed by atoms with van der Waals surface area (Å²) in [5, 5.41) is 9.97. The van der Waals surface area contributed by atoms with Crippen LogP contribution in [0.25, 0.3) is 193 Å². The fraction of sp³-hybridized carbons (Fsp3) is 0.0551. The molecule has 618 valence electrons. The van der Waals surface area contributed by atoms with Crippen molar-refractivity contribution < 1.29 is 4.42 Å². The zero-order valence-electron chi connectivity index (χ0n) is 73.2. The van der Waals surface area contributed by atoms with Crippen LogP contribution in [0.5, 0.6) is 0 Å². The van der Waals surface area contributed by atoms with Crippen molar-refractivity contribution in [1.29, 1.82) is 0 Å². The minimum absolute atomic E-state index is 0.0531. The lowest BCUT2D eigenvalue weighted by Crippen LogP contribution is -2.28. The summed E-state index contributed by atoms with van der Waals surface area (Å²) in [5.41, 5.74) is 42.9.